The van der Waals surface area contributed by atoms with E-state index in [1.54, 1.807) is 6.08 Å². The van der Waals surface area contributed by atoms with Crippen molar-refractivity contribution in [2.45, 2.75) is 39.2 Å². The van der Waals surface area contributed by atoms with E-state index in [0.29, 0.717) is 12.3 Å². The summed E-state index contributed by atoms with van der Waals surface area (Å²) in [4.78, 5) is 3.51. The molecule has 0 aliphatic rings. The van der Waals surface area contributed by atoms with Crippen molar-refractivity contribution in [3.63, 3.8) is 0 Å². The van der Waals surface area contributed by atoms with E-state index in [1.807, 2.05) is 0 Å². The first-order valence-corrected chi connectivity index (χ1v) is 4.35. The molecule has 0 bridgehead atoms. The summed E-state index contributed by atoms with van der Waals surface area (Å²) in [5, 5.41) is 6.69. The largest absolute Gasteiger partial charge is 0.313 e. The first-order valence-electron chi connectivity index (χ1n) is 4.35. The standard InChI is InChI=1S/C10H16N2/c1-4-9(2)8-10(12-3)6-5-7-11/h5,9-11H,4,6,8H2,1-2H3/t9?,10-/m0/s1. The third kappa shape index (κ3) is 4.71. The van der Waals surface area contributed by atoms with Crippen LogP contribution in [0.2, 0.25) is 0 Å². The molecule has 0 spiro atoms. The summed E-state index contributed by atoms with van der Waals surface area (Å²) < 4.78 is 0. The van der Waals surface area contributed by atoms with E-state index >= 15 is 0 Å². The Morgan fingerprint density at radius 3 is 2.75 bits per heavy atom. The van der Waals surface area contributed by atoms with E-state index < -0.39 is 0 Å². The van der Waals surface area contributed by atoms with Gasteiger partial charge in [0.15, 0.2) is 0 Å². The van der Waals surface area contributed by atoms with E-state index in [9.17, 15) is 0 Å². The lowest BCUT2D eigenvalue weighted by molar-refractivity contribution is 0.483. The van der Waals surface area contributed by atoms with Crippen molar-refractivity contribution in [1.29, 1.82) is 5.41 Å². The Balaban J connectivity index is 3.84. The maximum atomic E-state index is 6.92. The van der Waals surface area contributed by atoms with Gasteiger partial charge in [-0.2, -0.15) is 0 Å². The van der Waals surface area contributed by atoms with Crippen molar-refractivity contribution in [1.82, 2.24) is 0 Å². The number of hydrogen-bond donors (Lipinski definition) is 1. The van der Waals surface area contributed by atoms with E-state index in [0.717, 1.165) is 12.8 Å². The van der Waals surface area contributed by atoms with E-state index in [-0.39, 0.29) is 6.04 Å². The normalized spacial score (nSPS) is 14.1. The van der Waals surface area contributed by atoms with Gasteiger partial charge in [0.1, 0.15) is 0 Å². The van der Waals surface area contributed by atoms with Crippen LogP contribution in [0, 0.1) is 17.9 Å². The Bertz CT molecular complexity index is 196. The van der Waals surface area contributed by atoms with Gasteiger partial charge in [-0.1, -0.05) is 20.3 Å². The number of rotatable bonds is 5. The second-order valence-electron chi connectivity index (χ2n) is 3.12. The van der Waals surface area contributed by atoms with Crippen LogP contribution in [0.15, 0.2) is 6.08 Å². The molecule has 2 nitrogen and oxygen atoms in total. The van der Waals surface area contributed by atoms with Crippen LogP contribution in [0.5, 0.6) is 0 Å². The average Bonchev–Trinajstić information content (AvgIpc) is 2.11. The van der Waals surface area contributed by atoms with Crippen molar-refractivity contribution in [3.05, 3.63) is 17.5 Å². The van der Waals surface area contributed by atoms with Crippen molar-refractivity contribution in [2.24, 2.45) is 5.92 Å². The predicted octanol–water partition coefficient (Wildman–Crippen LogP) is 2.91. The predicted molar refractivity (Wildman–Crippen MR) is 51.4 cm³/mol. The molecule has 0 fully saturated rings. The lowest BCUT2D eigenvalue weighted by Gasteiger charge is -2.07. The highest BCUT2D eigenvalue weighted by Gasteiger charge is 2.13. The zero-order valence-electron chi connectivity index (χ0n) is 7.80. The minimum atomic E-state index is 0.0535. The smallest absolute Gasteiger partial charge is 0.228 e. The molecular weight excluding hydrogens is 148 g/mol. The SMILES string of the molecule is [C-]#[N+][C@@H](CC=C=N)CC(C)CC. The summed E-state index contributed by atoms with van der Waals surface area (Å²) in [6, 6.07) is 0.0535. The minimum absolute atomic E-state index is 0.0535. The van der Waals surface area contributed by atoms with Crippen LogP contribution in [-0.2, 0) is 0 Å². The average molecular weight is 164 g/mol. The zero-order chi connectivity index (χ0) is 9.40. The van der Waals surface area contributed by atoms with Crippen LogP contribution in [0.25, 0.3) is 4.85 Å². The van der Waals surface area contributed by atoms with Crippen LogP contribution in [0.1, 0.15) is 33.1 Å². The van der Waals surface area contributed by atoms with Crippen molar-refractivity contribution in [3.8, 4) is 0 Å². The van der Waals surface area contributed by atoms with Gasteiger partial charge < -0.3 is 4.85 Å². The van der Waals surface area contributed by atoms with E-state index in [4.69, 9.17) is 12.0 Å². The Hall–Kier alpha value is -1.06. The molecule has 2 atom stereocenters. The van der Waals surface area contributed by atoms with Crippen LogP contribution < -0.4 is 0 Å². The van der Waals surface area contributed by atoms with Crippen LogP contribution >= 0.6 is 0 Å². The lowest BCUT2D eigenvalue weighted by Crippen LogP contribution is -2.06. The molecule has 0 saturated heterocycles. The number of hydrogen-bond acceptors (Lipinski definition) is 1. The highest BCUT2D eigenvalue weighted by atomic mass is 14.7. The Labute approximate surface area is 74.6 Å². The van der Waals surface area contributed by atoms with Gasteiger partial charge in [0, 0.05) is 12.8 Å². The molecule has 12 heavy (non-hydrogen) atoms. The Morgan fingerprint density at radius 2 is 2.33 bits per heavy atom. The molecule has 0 aliphatic carbocycles. The maximum Gasteiger partial charge on any atom is 0.228 e. The molecule has 0 saturated carbocycles. The van der Waals surface area contributed by atoms with Gasteiger partial charge >= 0.3 is 0 Å². The monoisotopic (exact) mass is 164 g/mol. The number of nitrogens with one attached hydrogen (secondary N) is 1. The molecule has 0 aromatic heterocycles. The molecule has 0 aliphatic heterocycles. The van der Waals surface area contributed by atoms with Gasteiger partial charge in [-0.3, -0.25) is 5.41 Å². The number of nitrogens with zero attached hydrogens (tertiary/aromatic N) is 1. The summed E-state index contributed by atoms with van der Waals surface area (Å²) in [5.74, 6) is 2.82. The van der Waals surface area contributed by atoms with Gasteiger partial charge in [0.2, 0.25) is 6.04 Å². The first kappa shape index (κ1) is 10.9. The fourth-order valence-corrected chi connectivity index (χ4v) is 1.03. The zero-order valence-corrected chi connectivity index (χ0v) is 7.80. The van der Waals surface area contributed by atoms with Crippen LogP contribution in [-0.4, -0.2) is 11.9 Å². The van der Waals surface area contributed by atoms with Crippen molar-refractivity contribution in [2.75, 3.05) is 0 Å². The van der Waals surface area contributed by atoms with Gasteiger partial charge in [-0.15, -0.1) is 0 Å². The molecule has 0 radical (unpaired) electrons. The molecule has 0 heterocycles. The minimum Gasteiger partial charge on any atom is -0.313 e. The van der Waals surface area contributed by atoms with Crippen molar-refractivity contribution >= 4 is 5.87 Å². The molecule has 0 aromatic carbocycles. The highest BCUT2D eigenvalue weighted by molar-refractivity contribution is 5.47. The third-order valence-electron chi connectivity index (χ3n) is 2.05. The van der Waals surface area contributed by atoms with Gasteiger partial charge in [-0.05, 0) is 17.9 Å². The molecule has 0 aromatic rings. The van der Waals surface area contributed by atoms with E-state index in [2.05, 4.69) is 24.6 Å². The molecule has 2 heteroatoms. The molecule has 66 valence electrons. The maximum absolute atomic E-state index is 6.92. The molecule has 1 N–H and O–H groups in total. The fraction of sp³-hybridized carbons (Fsp3) is 0.700. The highest BCUT2D eigenvalue weighted by Crippen LogP contribution is 2.14. The molecule has 0 amide bonds. The van der Waals surface area contributed by atoms with Crippen LogP contribution in [0.3, 0.4) is 0 Å². The molecular formula is C10H16N2. The Kier molecular flexibility index (Phi) is 6.05. The summed E-state index contributed by atoms with van der Waals surface area (Å²) >= 11 is 0. The fourth-order valence-electron chi connectivity index (χ4n) is 1.03. The Morgan fingerprint density at radius 1 is 1.67 bits per heavy atom. The second kappa shape index (κ2) is 6.64. The summed E-state index contributed by atoms with van der Waals surface area (Å²) in [7, 11) is 0. The molecule has 0 rings (SSSR count). The third-order valence-corrected chi connectivity index (χ3v) is 2.05. The quantitative estimate of drug-likeness (QED) is 0.478. The topological polar surface area (TPSA) is 28.2 Å². The lowest BCUT2D eigenvalue weighted by atomic mass is 9.98. The van der Waals surface area contributed by atoms with Gasteiger partial charge in [0.05, 0.1) is 0 Å². The second-order valence-corrected chi connectivity index (χ2v) is 3.12. The molecule has 1 unspecified atom stereocenters. The van der Waals surface area contributed by atoms with Gasteiger partial charge in [0.25, 0.3) is 0 Å². The summed E-state index contributed by atoms with van der Waals surface area (Å²) in [5.41, 5.74) is 0. The first-order chi connectivity index (χ1) is 5.74. The van der Waals surface area contributed by atoms with Crippen molar-refractivity contribution < 1.29 is 0 Å². The van der Waals surface area contributed by atoms with Crippen LogP contribution in [0.4, 0.5) is 0 Å². The summed E-state index contributed by atoms with van der Waals surface area (Å²) in [6.45, 7) is 11.2. The summed E-state index contributed by atoms with van der Waals surface area (Å²) in [6.07, 6.45) is 4.38. The van der Waals surface area contributed by atoms with Gasteiger partial charge in [-0.25, -0.2) is 6.57 Å². The van der Waals surface area contributed by atoms with E-state index in [1.165, 1.54) is 0 Å².